The van der Waals surface area contributed by atoms with Crippen LogP contribution in [0.2, 0.25) is 0 Å². The molecule has 1 aliphatic heterocycles. The predicted molar refractivity (Wildman–Crippen MR) is 88.8 cm³/mol. The number of carbonyl (C=O) groups is 1. The highest BCUT2D eigenvalue weighted by Crippen LogP contribution is 2.26. The van der Waals surface area contributed by atoms with Gasteiger partial charge in [-0.15, -0.1) is 0 Å². The lowest BCUT2D eigenvalue weighted by Gasteiger charge is -2.26. The number of benzene rings is 2. The summed E-state index contributed by atoms with van der Waals surface area (Å²) in [4.78, 5) is 12.3. The summed E-state index contributed by atoms with van der Waals surface area (Å²) in [6, 6.07) is 15.4. The van der Waals surface area contributed by atoms with Gasteiger partial charge in [0.15, 0.2) is 0 Å². The Morgan fingerprint density at radius 1 is 1.22 bits per heavy atom. The monoisotopic (exact) mass is 311 g/mol. The third kappa shape index (κ3) is 3.71. The quantitative estimate of drug-likeness (QED) is 0.923. The molecule has 0 saturated carbocycles. The number of nitrogens with one attached hydrogen (secondary N) is 1. The third-order valence-corrected chi connectivity index (χ3v) is 3.97. The Labute approximate surface area is 136 Å². The van der Waals surface area contributed by atoms with E-state index in [0.717, 1.165) is 12.2 Å². The summed E-state index contributed by atoms with van der Waals surface area (Å²) < 4.78 is 11.2. The van der Waals surface area contributed by atoms with E-state index in [1.54, 1.807) is 12.1 Å². The molecular weight excluding hydrogens is 290 g/mol. The first kappa shape index (κ1) is 15.6. The molecule has 0 radical (unpaired) electrons. The van der Waals surface area contributed by atoms with Crippen LogP contribution in [0.15, 0.2) is 48.5 Å². The van der Waals surface area contributed by atoms with E-state index in [9.17, 15) is 4.79 Å². The standard InChI is InChI=1S/C19H21NO3/c1-2-22-16-9-7-15(8-10-16)19(21)20-13-18-17-6-4-3-5-14(17)11-12-23-18/h3-10,18H,2,11-13H2,1H3,(H,20,21)/t18-/m0/s1. The minimum Gasteiger partial charge on any atom is -0.494 e. The van der Waals surface area contributed by atoms with Crippen molar-refractivity contribution in [2.24, 2.45) is 0 Å². The molecule has 0 unspecified atom stereocenters. The smallest absolute Gasteiger partial charge is 0.251 e. The third-order valence-electron chi connectivity index (χ3n) is 3.97. The zero-order chi connectivity index (χ0) is 16.1. The first-order valence-electron chi connectivity index (χ1n) is 7.98. The number of hydrogen-bond acceptors (Lipinski definition) is 3. The van der Waals surface area contributed by atoms with Crippen LogP contribution in [0.1, 0.15) is 34.5 Å². The molecule has 3 rings (SSSR count). The van der Waals surface area contributed by atoms with Gasteiger partial charge in [0.2, 0.25) is 0 Å². The average molecular weight is 311 g/mol. The molecule has 4 nitrogen and oxygen atoms in total. The SMILES string of the molecule is CCOc1ccc(C(=O)NC[C@@H]2OCCc3ccccc32)cc1. The van der Waals surface area contributed by atoms with Crippen LogP contribution in [0.4, 0.5) is 0 Å². The van der Waals surface area contributed by atoms with Crippen molar-refractivity contribution in [2.45, 2.75) is 19.4 Å². The van der Waals surface area contributed by atoms with E-state index in [4.69, 9.17) is 9.47 Å². The van der Waals surface area contributed by atoms with E-state index in [-0.39, 0.29) is 12.0 Å². The number of rotatable bonds is 5. The molecule has 2 aromatic rings. The van der Waals surface area contributed by atoms with Crippen LogP contribution in [0.25, 0.3) is 0 Å². The summed E-state index contributed by atoms with van der Waals surface area (Å²) >= 11 is 0. The van der Waals surface area contributed by atoms with Gasteiger partial charge in [0, 0.05) is 12.1 Å². The number of fused-ring (bicyclic) bond motifs is 1. The van der Waals surface area contributed by atoms with Crippen molar-refractivity contribution in [3.05, 3.63) is 65.2 Å². The molecule has 0 fully saturated rings. The topological polar surface area (TPSA) is 47.6 Å². The van der Waals surface area contributed by atoms with E-state index in [0.29, 0.717) is 25.3 Å². The molecule has 23 heavy (non-hydrogen) atoms. The highest BCUT2D eigenvalue weighted by Gasteiger charge is 2.21. The molecular formula is C19H21NO3. The molecule has 0 aromatic heterocycles. The fourth-order valence-electron chi connectivity index (χ4n) is 2.80. The molecule has 1 heterocycles. The van der Waals surface area contributed by atoms with Crippen LogP contribution in [-0.4, -0.2) is 25.7 Å². The zero-order valence-electron chi connectivity index (χ0n) is 13.2. The Hall–Kier alpha value is -2.33. The Bertz CT molecular complexity index is 667. The van der Waals surface area contributed by atoms with Gasteiger partial charge in [-0.25, -0.2) is 0 Å². The van der Waals surface area contributed by atoms with Crippen molar-refractivity contribution in [1.82, 2.24) is 5.32 Å². The maximum Gasteiger partial charge on any atom is 0.251 e. The Morgan fingerprint density at radius 3 is 2.78 bits per heavy atom. The maximum absolute atomic E-state index is 12.3. The van der Waals surface area contributed by atoms with Gasteiger partial charge in [-0.05, 0) is 48.7 Å². The van der Waals surface area contributed by atoms with Gasteiger partial charge < -0.3 is 14.8 Å². The minimum atomic E-state index is -0.0975. The molecule has 1 N–H and O–H groups in total. The first-order valence-corrected chi connectivity index (χ1v) is 7.98. The summed E-state index contributed by atoms with van der Waals surface area (Å²) in [5.74, 6) is 0.674. The molecule has 0 bridgehead atoms. The summed E-state index contributed by atoms with van der Waals surface area (Å²) in [6.45, 7) is 3.72. The van der Waals surface area contributed by atoms with Crippen LogP contribution in [0.5, 0.6) is 5.75 Å². The minimum absolute atomic E-state index is 0.0772. The Kier molecular flexibility index (Phi) is 4.93. The first-order chi connectivity index (χ1) is 11.3. The summed E-state index contributed by atoms with van der Waals surface area (Å²) in [5, 5.41) is 2.96. The second kappa shape index (κ2) is 7.29. The fraction of sp³-hybridized carbons (Fsp3) is 0.316. The van der Waals surface area contributed by atoms with Gasteiger partial charge in [-0.1, -0.05) is 24.3 Å². The summed E-state index contributed by atoms with van der Waals surface area (Å²) in [5.41, 5.74) is 3.10. The molecule has 1 atom stereocenters. The van der Waals surface area contributed by atoms with Gasteiger partial charge in [0.05, 0.1) is 13.2 Å². The molecule has 1 amide bonds. The molecule has 2 aromatic carbocycles. The van der Waals surface area contributed by atoms with Crippen molar-refractivity contribution in [3.63, 3.8) is 0 Å². The molecule has 120 valence electrons. The largest absolute Gasteiger partial charge is 0.494 e. The van der Waals surface area contributed by atoms with Crippen LogP contribution in [-0.2, 0) is 11.2 Å². The van der Waals surface area contributed by atoms with Crippen LogP contribution in [0, 0.1) is 0 Å². The fourth-order valence-corrected chi connectivity index (χ4v) is 2.80. The van der Waals surface area contributed by atoms with Gasteiger partial charge >= 0.3 is 0 Å². The van der Waals surface area contributed by atoms with Crippen molar-refractivity contribution < 1.29 is 14.3 Å². The molecule has 4 heteroatoms. The lowest BCUT2D eigenvalue weighted by molar-refractivity contribution is 0.0411. The van der Waals surface area contributed by atoms with E-state index in [2.05, 4.69) is 17.4 Å². The highest BCUT2D eigenvalue weighted by molar-refractivity contribution is 5.94. The van der Waals surface area contributed by atoms with Gasteiger partial charge in [-0.2, -0.15) is 0 Å². The predicted octanol–water partition coefficient (Wildman–Crippen LogP) is 3.13. The second-order valence-electron chi connectivity index (χ2n) is 5.48. The van der Waals surface area contributed by atoms with Gasteiger partial charge in [-0.3, -0.25) is 4.79 Å². The van der Waals surface area contributed by atoms with Gasteiger partial charge in [0.1, 0.15) is 11.9 Å². The van der Waals surface area contributed by atoms with E-state index in [1.807, 2.05) is 31.2 Å². The van der Waals surface area contributed by atoms with Crippen molar-refractivity contribution >= 4 is 5.91 Å². The number of ether oxygens (including phenoxy) is 2. The molecule has 0 aliphatic carbocycles. The Balaban J connectivity index is 1.61. The number of hydrogen-bond donors (Lipinski definition) is 1. The van der Waals surface area contributed by atoms with Crippen LogP contribution < -0.4 is 10.1 Å². The van der Waals surface area contributed by atoms with Crippen molar-refractivity contribution in [1.29, 1.82) is 0 Å². The summed E-state index contributed by atoms with van der Waals surface area (Å²) in [6.07, 6.45) is 0.853. The normalized spacial score (nSPS) is 16.5. The van der Waals surface area contributed by atoms with E-state index in [1.165, 1.54) is 11.1 Å². The number of amides is 1. The molecule has 0 spiro atoms. The summed E-state index contributed by atoms with van der Waals surface area (Å²) in [7, 11) is 0. The molecule has 0 saturated heterocycles. The van der Waals surface area contributed by atoms with Crippen molar-refractivity contribution in [2.75, 3.05) is 19.8 Å². The molecule has 1 aliphatic rings. The Morgan fingerprint density at radius 2 is 2.00 bits per heavy atom. The average Bonchev–Trinajstić information content (AvgIpc) is 2.60. The van der Waals surface area contributed by atoms with Crippen LogP contribution in [0.3, 0.4) is 0 Å². The maximum atomic E-state index is 12.3. The van der Waals surface area contributed by atoms with Crippen LogP contribution >= 0.6 is 0 Å². The zero-order valence-corrected chi connectivity index (χ0v) is 13.2. The number of carbonyl (C=O) groups excluding carboxylic acids is 1. The van der Waals surface area contributed by atoms with E-state index < -0.39 is 0 Å². The van der Waals surface area contributed by atoms with Crippen molar-refractivity contribution in [3.8, 4) is 5.75 Å². The lowest BCUT2D eigenvalue weighted by atomic mass is 9.97. The lowest BCUT2D eigenvalue weighted by Crippen LogP contribution is -2.31. The highest BCUT2D eigenvalue weighted by atomic mass is 16.5. The van der Waals surface area contributed by atoms with Gasteiger partial charge in [0.25, 0.3) is 5.91 Å². The second-order valence-corrected chi connectivity index (χ2v) is 5.48. The van der Waals surface area contributed by atoms with E-state index >= 15 is 0 Å².